The van der Waals surface area contributed by atoms with E-state index in [0.717, 1.165) is 61.9 Å². The molecule has 2 aromatic heterocycles. The van der Waals surface area contributed by atoms with E-state index < -0.39 is 0 Å². The van der Waals surface area contributed by atoms with E-state index in [1.165, 1.54) is 12.1 Å². The highest BCUT2D eigenvalue weighted by molar-refractivity contribution is 5.92. The van der Waals surface area contributed by atoms with Crippen molar-refractivity contribution in [3.05, 3.63) is 102 Å². The number of para-hydroxylation sites is 1. The predicted molar refractivity (Wildman–Crippen MR) is 142 cm³/mol. The highest BCUT2D eigenvalue weighted by atomic mass is 19.1. The summed E-state index contributed by atoms with van der Waals surface area (Å²) < 4.78 is 15.8. The van der Waals surface area contributed by atoms with Gasteiger partial charge in [0.05, 0.1) is 12.6 Å². The number of anilines is 1. The van der Waals surface area contributed by atoms with Crippen LogP contribution < -0.4 is 4.90 Å². The zero-order valence-electron chi connectivity index (χ0n) is 21.2. The Morgan fingerprint density at radius 3 is 2.47 bits per heavy atom. The van der Waals surface area contributed by atoms with Gasteiger partial charge in [-0.2, -0.15) is 0 Å². The van der Waals surface area contributed by atoms with Crippen LogP contribution in [0.5, 0.6) is 0 Å². The van der Waals surface area contributed by atoms with Gasteiger partial charge in [-0.05, 0) is 54.8 Å². The smallest absolute Gasteiger partial charge is 0.292 e. The molecule has 2 aromatic carbocycles. The minimum atomic E-state index is -0.292. The van der Waals surface area contributed by atoms with Crippen LogP contribution in [0.25, 0.3) is 5.69 Å². The van der Waals surface area contributed by atoms with Crippen molar-refractivity contribution in [2.45, 2.75) is 25.4 Å². The SMILES string of the molecule is O=C(c1nnc(CN2CCN(c3ccccn3)CC2)n1-c1ccccc1)N1CCC[C@@H]1c1cccc(F)c1. The summed E-state index contributed by atoms with van der Waals surface area (Å²) in [5.41, 5.74) is 1.66. The summed E-state index contributed by atoms with van der Waals surface area (Å²) in [5, 5.41) is 8.92. The van der Waals surface area contributed by atoms with Crippen LogP contribution in [0.2, 0.25) is 0 Å². The number of piperazine rings is 1. The van der Waals surface area contributed by atoms with Gasteiger partial charge >= 0.3 is 0 Å². The number of pyridine rings is 1. The summed E-state index contributed by atoms with van der Waals surface area (Å²) in [6.07, 6.45) is 3.48. The van der Waals surface area contributed by atoms with Gasteiger partial charge in [0.2, 0.25) is 5.82 Å². The monoisotopic (exact) mass is 511 g/mol. The van der Waals surface area contributed by atoms with Crippen LogP contribution in [0.3, 0.4) is 0 Å². The van der Waals surface area contributed by atoms with Crippen LogP contribution in [-0.4, -0.2) is 68.2 Å². The van der Waals surface area contributed by atoms with Crippen LogP contribution >= 0.6 is 0 Å². The average Bonchev–Trinajstić information content (AvgIpc) is 3.62. The molecule has 2 fully saturated rings. The maximum absolute atomic E-state index is 14.0. The lowest BCUT2D eigenvalue weighted by molar-refractivity contribution is 0.0720. The number of halogens is 1. The van der Waals surface area contributed by atoms with Gasteiger partial charge < -0.3 is 9.80 Å². The van der Waals surface area contributed by atoms with E-state index in [1.807, 2.05) is 70.3 Å². The summed E-state index contributed by atoms with van der Waals surface area (Å²) >= 11 is 0. The lowest BCUT2D eigenvalue weighted by Crippen LogP contribution is -2.46. The Morgan fingerprint density at radius 2 is 1.71 bits per heavy atom. The van der Waals surface area contributed by atoms with E-state index in [2.05, 4.69) is 25.0 Å². The quantitative estimate of drug-likeness (QED) is 0.388. The van der Waals surface area contributed by atoms with Crippen LogP contribution in [-0.2, 0) is 6.54 Å². The van der Waals surface area contributed by atoms with Crippen molar-refractivity contribution >= 4 is 11.7 Å². The lowest BCUT2D eigenvalue weighted by atomic mass is 10.0. The molecule has 0 saturated carbocycles. The molecule has 0 aliphatic carbocycles. The van der Waals surface area contributed by atoms with E-state index >= 15 is 0 Å². The number of hydrogen-bond acceptors (Lipinski definition) is 6. The maximum atomic E-state index is 14.0. The van der Waals surface area contributed by atoms with E-state index in [0.29, 0.717) is 18.9 Å². The van der Waals surface area contributed by atoms with Crippen molar-refractivity contribution in [3.8, 4) is 5.69 Å². The first-order valence-corrected chi connectivity index (χ1v) is 13.1. The van der Waals surface area contributed by atoms with Gasteiger partial charge in [0, 0.05) is 44.6 Å². The summed E-state index contributed by atoms with van der Waals surface area (Å²) in [6.45, 7) is 4.63. The molecule has 0 bridgehead atoms. The Labute approximate surface area is 221 Å². The number of benzene rings is 2. The van der Waals surface area contributed by atoms with Gasteiger partial charge in [0.25, 0.3) is 5.91 Å². The van der Waals surface area contributed by atoms with Gasteiger partial charge in [-0.1, -0.05) is 36.4 Å². The molecule has 2 aliphatic heterocycles. The molecule has 6 rings (SSSR count). The molecule has 2 saturated heterocycles. The first-order valence-electron chi connectivity index (χ1n) is 13.1. The Bertz CT molecular complexity index is 1390. The number of amides is 1. The van der Waals surface area contributed by atoms with Crippen molar-refractivity contribution in [3.63, 3.8) is 0 Å². The molecular weight excluding hydrogens is 481 g/mol. The van der Waals surface area contributed by atoms with Crippen molar-refractivity contribution in [2.24, 2.45) is 0 Å². The number of hydrogen-bond donors (Lipinski definition) is 0. The van der Waals surface area contributed by atoms with Crippen molar-refractivity contribution < 1.29 is 9.18 Å². The highest BCUT2D eigenvalue weighted by Crippen LogP contribution is 2.33. The molecule has 38 heavy (non-hydrogen) atoms. The standard InChI is InChI=1S/C29H30FN7O/c30-23-9-6-8-22(20-23)25-12-7-15-36(25)29(38)28-33-32-27(37(28)24-10-2-1-3-11-24)21-34-16-18-35(19-17-34)26-13-4-5-14-31-26/h1-6,8-11,13-14,20,25H,7,12,15-19,21H2/t25-/m1/s1. The van der Waals surface area contributed by atoms with Crippen LogP contribution in [0.4, 0.5) is 10.2 Å². The van der Waals surface area contributed by atoms with E-state index in [-0.39, 0.29) is 17.8 Å². The van der Waals surface area contributed by atoms with Crippen LogP contribution in [0.15, 0.2) is 79.0 Å². The third-order valence-corrected chi connectivity index (χ3v) is 7.39. The fourth-order valence-corrected chi connectivity index (χ4v) is 5.48. The summed E-state index contributed by atoms with van der Waals surface area (Å²) in [4.78, 5) is 24.8. The number of carbonyl (C=O) groups excluding carboxylic acids is 1. The molecule has 1 atom stereocenters. The molecule has 8 nitrogen and oxygen atoms in total. The van der Waals surface area contributed by atoms with Crippen LogP contribution in [0.1, 0.15) is 40.9 Å². The second kappa shape index (κ2) is 10.7. The molecule has 194 valence electrons. The number of likely N-dealkylation sites (tertiary alicyclic amines) is 1. The molecule has 1 amide bonds. The van der Waals surface area contributed by atoms with Crippen LogP contribution in [0, 0.1) is 5.82 Å². The van der Waals surface area contributed by atoms with Gasteiger partial charge in [-0.3, -0.25) is 14.3 Å². The number of carbonyl (C=O) groups is 1. The molecule has 2 aliphatic rings. The molecule has 0 radical (unpaired) electrons. The summed E-state index contributed by atoms with van der Waals surface area (Å²) in [6, 6.07) is 22.1. The van der Waals surface area contributed by atoms with E-state index in [9.17, 15) is 9.18 Å². The first-order chi connectivity index (χ1) is 18.7. The molecule has 4 aromatic rings. The second-order valence-corrected chi connectivity index (χ2v) is 9.77. The Balaban J connectivity index is 1.25. The fraction of sp³-hybridized carbons (Fsp3) is 0.310. The van der Waals surface area contributed by atoms with E-state index in [4.69, 9.17) is 0 Å². The largest absolute Gasteiger partial charge is 0.354 e. The van der Waals surface area contributed by atoms with Crippen molar-refractivity contribution in [1.29, 1.82) is 0 Å². The Hall–Kier alpha value is -4.11. The zero-order valence-corrected chi connectivity index (χ0v) is 21.2. The third kappa shape index (κ3) is 4.89. The van der Waals surface area contributed by atoms with E-state index in [1.54, 1.807) is 6.07 Å². The first kappa shape index (κ1) is 24.2. The van der Waals surface area contributed by atoms with Gasteiger partial charge in [-0.15, -0.1) is 10.2 Å². The topological polar surface area (TPSA) is 70.4 Å². The zero-order chi connectivity index (χ0) is 25.9. The molecule has 4 heterocycles. The molecule has 0 unspecified atom stereocenters. The number of nitrogens with zero attached hydrogens (tertiary/aromatic N) is 7. The third-order valence-electron chi connectivity index (χ3n) is 7.39. The molecule has 0 spiro atoms. The van der Waals surface area contributed by atoms with Gasteiger partial charge in [0.15, 0.2) is 5.82 Å². The summed E-state index contributed by atoms with van der Waals surface area (Å²) in [5.74, 6) is 1.54. The minimum absolute atomic E-state index is 0.178. The van der Waals surface area contributed by atoms with Crippen molar-refractivity contribution in [1.82, 2.24) is 29.5 Å². The molecule has 9 heteroatoms. The summed E-state index contributed by atoms with van der Waals surface area (Å²) in [7, 11) is 0. The second-order valence-electron chi connectivity index (χ2n) is 9.77. The van der Waals surface area contributed by atoms with Crippen molar-refractivity contribution in [2.75, 3.05) is 37.6 Å². The fourth-order valence-electron chi connectivity index (χ4n) is 5.48. The minimum Gasteiger partial charge on any atom is -0.354 e. The number of aromatic nitrogens is 4. The Kier molecular flexibility index (Phi) is 6.83. The average molecular weight is 512 g/mol. The molecule has 0 N–H and O–H groups in total. The Morgan fingerprint density at radius 1 is 0.895 bits per heavy atom. The molecular formula is C29H30FN7O. The lowest BCUT2D eigenvalue weighted by Gasteiger charge is -2.35. The number of rotatable bonds is 6. The highest BCUT2D eigenvalue weighted by Gasteiger charge is 2.34. The normalized spacial score (nSPS) is 18.2. The van der Waals surface area contributed by atoms with Gasteiger partial charge in [0.1, 0.15) is 11.6 Å². The maximum Gasteiger partial charge on any atom is 0.292 e. The predicted octanol–water partition coefficient (Wildman–Crippen LogP) is 4.10. The van der Waals surface area contributed by atoms with Gasteiger partial charge in [-0.25, -0.2) is 9.37 Å².